The van der Waals surface area contributed by atoms with Gasteiger partial charge in [0.25, 0.3) is 0 Å². The van der Waals surface area contributed by atoms with E-state index in [9.17, 15) is 18.0 Å². The summed E-state index contributed by atoms with van der Waals surface area (Å²) in [6.45, 7) is 0.897. The number of benzene rings is 1. The highest BCUT2D eigenvalue weighted by atomic mass is 19.3. The quantitative estimate of drug-likeness (QED) is 0.857. The maximum absolute atomic E-state index is 13.4. The van der Waals surface area contributed by atoms with Crippen LogP contribution in [-0.4, -0.2) is 12.5 Å². The van der Waals surface area contributed by atoms with E-state index in [-0.39, 0.29) is 11.6 Å². The van der Waals surface area contributed by atoms with E-state index in [1.54, 1.807) is 0 Å². The Morgan fingerprint density at radius 1 is 1.37 bits per heavy atom. The van der Waals surface area contributed by atoms with Crippen LogP contribution in [0.25, 0.3) is 0 Å². The lowest BCUT2D eigenvalue weighted by Crippen LogP contribution is -2.12. The van der Waals surface area contributed by atoms with E-state index >= 15 is 0 Å². The third kappa shape index (κ3) is 5.63. The van der Waals surface area contributed by atoms with Crippen molar-refractivity contribution in [2.45, 2.75) is 33.3 Å². The van der Waals surface area contributed by atoms with Crippen LogP contribution in [0.5, 0.6) is 5.75 Å². The van der Waals surface area contributed by atoms with Crippen LogP contribution in [-0.2, 0) is 4.79 Å². The smallest absolute Gasteiger partial charge is 0.387 e. The van der Waals surface area contributed by atoms with Crippen LogP contribution in [0.2, 0.25) is 0 Å². The van der Waals surface area contributed by atoms with Crippen LogP contribution in [0.1, 0.15) is 26.7 Å². The standard InChI is InChI=1S/C13H16F3NO2/c1-8(2)3-6-12(18)17-9-4-5-11(10(14)7-9)19-13(15)16/h4-5,7-8,13H,3,6H2,1-2H3,(H,17,18). The largest absolute Gasteiger partial charge is 0.432 e. The molecule has 0 aliphatic heterocycles. The van der Waals surface area contributed by atoms with Gasteiger partial charge in [-0.05, 0) is 24.5 Å². The maximum Gasteiger partial charge on any atom is 0.387 e. The average Bonchev–Trinajstić information content (AvgIpc) is 2.29. The number of rotatable bonds is 6. The Labute approximate surface area is 109 Å². The fraction of sp³-hybridized carbons (Fsp3) is 0.462. The Hall–Kier alpha value is -1.72. The number of hydrogen-bond acceptors (Lipinski definition) is 2. The summed E-state index contributed by atoms with van der Waals surface area (Å²) in [6, 6.07) is 3.32. The fourth-order valence-electron chi connectivity index (χ4n) is 1.41. The summed E-state index contributed by atoms with van der Waals surface area (Å²) in [4.78, 5) is 11.5. The molecule has 0 aromatic heterocycles. The van der Waals surface area contributed by atoms with Gasteiger partial charge in [0.05, 0.1) is 0 Å². The van der Waals surface area contributed by atoms with E-state index in [1.807, 2.05) is 13.8 Å². The zero-order valence-corrected chi connectivity index (χ0v) is 10.8. The minimum Gasteiger partial charge on any atom is -0.432 e. The molecule has 0 fully saturated rings. The Kier molecular flexibility index (Phi) is 5.66. The van der Waals surface area contributed by atoms with E-state index in [2.05, 4.69) is 10.1 Å². The molecule has 1 aromatic carbocycles. The van der Waals surface area contributed by atoms with Gasteiger partial charge in [-0.2, -0.15) is 8.78 Å². The Balaban J connectivity index is 2.60. The molecule has 6 heteroatoms. The molecule has 0 saturated heterocycles. The van der Waals surface area contributed by atoms with Crippen LogP contribution in [0.4, 0.5) is 18.9 Å². The highest BCUT2D eigenvalue weighted by Crippen LogP contribution is 2.23. The van der Waals surface area contributed by atoms with Gasteiger partial charge in [0.2, 0.25) is 5.91 Å². The van der Waals surface area contributed by atoms with Crippen LogP contribution >= 0.6 is 0 Å². The van der Waals surface area contributed by atoms with Crippen molar-refractivity contribution >= 4 is 11.6 Å². The Morgan fingerprint density at radius 2 is 2.05 bits per heavy atom. The molecule has 0 radical (unpaired) electrons. The summed E-state index contributed by atoms with van der Waals surface area (Å²) in [6.07, 6.45) is 1.05. The second kappa shape index (κ2) is 7.01. The molecule has 106 valence electrons. The molecule has 1 aromatic rings. The molecule has 0 spiro atoms. The van der Waals surface area contributed by atoms with E-state index < -0.39 is 18.2 Å². The van der Waals surface area contributed by atoms with Gasteiger partial charge in [-0.1, -0.05) is 13.8 Å². The normalized spacial score (nSPS) is 10.9. The molecule has 19 heavy (non-hydrogen) atoms. The Bertz CT molecular complexity index is 436. The monoisotopic (exact) mass is 275 g/mol. The third-order valence-electron chi connectivity index (χ3n) is 2.38. The third-order valence-corrected chi connectivity index (χ3v) is 2.38. The SMILES string of the molecule is CC(C)CCC(=O)Nc1ccc(OC(F)F)c(F)c1. The highest BCUT2D eigenvalue weighted by molar-refractivity contribution is 5.90. The van der Waals surface area contributed by atoms with Crippen molar-refractivity contribution in [3.05, 3.63) is 24.0 Å². The zero-order valence-electron chi connectivity index (χ0n) is 10.8. The number of nitrogens with one attached hydrogen (secondary N) is 1. The van der Waals surface area contributed by atoms with Gasteiger partial charge in [0, 0.05) is 18.2 Å². The van der Waals surface area contributed by atoms with Crippen molar-refractivity contribution < 1.29 is 22.7 Å². The lowest BCUT2D eigenvalue weighted by Gasteiger charge is -2.09. The molecular weight excluding hydrogens is 259 g/mol. The predicted molar refractivity (Wildman–Crippen MR) is 65.7 cm³/mol. The van der Waals surface area contributed by atoms with Crippen LogP contribution in [0, 0.1) is 11.7 Å². The zero-order chi connectivity index (χ0) is 14.4. The first-order valence-corrected chi connectivity index (χ1v) is 5.92. The van der Waals surface area contributed by atoms with Crippen molar-refractivity contribution in [1.29, 1.82) is 0 Å². The first-order chi connectivity index (χ1) is 8.88. The van der Waals surface area contributed by atoms with Crippen molar-refractivity contribution in [3.63, 3.8) is 0 Å². The molecule has 1 amide bonds. The molecule has 1 N–H and O–H groups in total. The number of hydrogen-bond donors (Lipinski definition) is 1. The van der Waals surface area contributed by atoms with Crippen LogP contribution in [0.3, 0.4) is 0 Å². The summed E-state index contributed by atoms with van der Waals surface area (Å²) in [5, 5.41) is 2.50. The summed E-state index contributed by atoms with van der Waals surface area (Å²) < 4.78 is 41.2. The number of carbonyl (C=O) groups excluding carboxylic acids is 1. The van der Waals surface area contributed by atoms with E-state index in [0.29, 0.717) is 12.3 Å². The second-order valence-corrected chi connectivity index (χ2v) is 4.50. The lowest BCUT2D eigenvalue weighted by molar-refractivity contribution is -0.116. The molecule has 0 bridgehead atoms. The predicted octanol–water partition coefficient (Wildman–Crippen LogP) is 3.80. The molecule has 0 heterocycles. The van der Waals surface area contributed by atoms with Gasteiger partial charge < -0.3 is 10.1 Å². The molecular formula is C13H16F3NO2. The number of ether oxygens (including phenoxy) is 1. The Morgan fingerprint density at radius 3 is 2.58 bits per heavy atom. The average molecular weight is 275 g/mol. The number of amides is 1. The summed E-state index contributed by atoms with van der Waals surface area (Å²) in [5.41, 5.74) is 0.216. The number of carbonyl (C=O) groups is 1. The second-order valence-electron chi connectivity index (χ2n) is 4.50. The maximum atomic E-state index is 13.4. The van der Waals surface area contributed by atoms with E-state index in [0.717, 1.165) is 18.6 Å². The summed E-state index contributed by atoms with van der Waals surface area (Å²) in [7, 11) is 0. The van der Waals surface area contributed by atoms with Gasteiger partial charge in [0.1, 0.15) is 0 Å². The summed E-state index contributed by atoms with van der Waals surface area (Å²) >= 11 is 0. The van der Waals surface area contributed by atoms with Crippen molar-refractivity contribution in [3.8, 4) is 5.75 Å². The molecule has 0 aliphatic rings. The highest BCUT2D eigenvalue weighted by Gasteiger charge is 2.11. The minimum atomic E-state index is -3.08. The number of alkyl halides is 2. The molecule has 0 unspecified atom stereocenters. The van der Waals surface area contributed by atoms with Crippen molar-refractivity contribution in [2.75, 3.05) is 5.32 Å². The van der Waals surface area contributed by atoms with Gasteiger partial charge in [-0.15, -0.1) is 0 Å². The number of halogens is 3. The van der Waals surface area contributed by atoms with Crippen molar-refractivity contribution in [1.82, 2.24) is 0 Å². The number of anilines is 1. The summed E-state index contributed by atoms with van der Waals surface area (Å²) in [5.74, 6) is -1.34. The topological polar surface area (TPSA) is 38.3 Å². The van der Waals surface area contributed by atoms with Crippen molar-refractivity contribution in [2.24, 2.45) is 5.92 Å². The van der Waals surface area contributed by atoms with Gasteiger partial charge in [-0.3, -0.25) is 4.79 Å². The minimum absolute atomic E-state index is 0.216. The van der Waals surface area contributed by atoms with Gasteiger partial charge >= 0.3 is 6.61 Å². The van der Waals surface area contributed by atoms with Gasteiger partial charge in [0.15, 0.2) is 11.6 Å². The van der Waals surface area contributed by atoms with E-state index in [4.69, 9.17) is 0 Å². The molecule has 3 nitrogen and oxygen atoms in total. The van der Waals surface area contributed by atoms with E-state index in [1.165, 1.54) is 6.07 Å². The fourth-order valence-corrected chi connectivity index (χ4v) is 1.41. The molecule has 0 aliphatic carbocycles. The molecule has 0 atom stereocenters. The van der Waals surface area contributed by atoms with Crippen LogP contribution in [0.15, 0.2) is 18.2 Å². The first kappa shape index (κ1) is 15.3. The molecule has 0 saturated carbocycles. The molecule has 1 rings (SSSR count). The van der Waals surface area contributed by atoms with Crippen LogP contribution < -0.4 is 10.1 Å². The van der Waals surface area contributed by atoms with Gasteiger partial charge in [-0.25, -0.2) is 4.39 Å². The lowest BCUT2D eigenvalue weighted by atomic mass is 10.1. The first-order valence-electron chi connectivity index (χ1n) is 5.92.